The van der Waals surface area contributed by atoms with Crippen molar-refractivity contribution < 1.29 is 18.7 Å². The molecule has 1 N–H and O–H groups in total. The van der Waals surface area contributed by atoms with Crippen LogP contribution < -0.4 is 4.74 Å². The smallest absolute Gasteiger partial charge is 0.165 e. The first-order valence-corrected chi connectivity index (χ1v) is 6.38. The Morgan fingerprint density at radius 1 is 1.24 bits per heavy atom. The highest BCUT2D eigenvalue weighted by atomic mass is 19.2. The molecule has 0 heterocycles. The Kier molecular flexibility index (Phi) is 4.52. The molecule has 2 aromatic rings. The third-order valence-electron chi connectivity index (χ3n) is 3.09. The zero-order valence-corrected chi connectivity index (χ0v) is 11.7. The first-order chi connectivity index (χ1) is 10.0. The Morgan fingerprint density at radius 3 is 2.71 bits per heavy atom. The van der Waals surface area contributed by atoms with Gasteiger partial charge in [-0.2, -0.15) is 0 Å². The van der Waals surface area contributed by atoms with Gasteiger partial charge in [-0.05, 0) is 32.0 Å². The number of nitrogens with zero attached hydrogens (tertiary/aromatic N) is 1. The van der Waals surface area contributed by atoms with E-state index in [1.807, 2.05) is 13.0 Å². The van der Waals surface area contributed by atoms with E-state index in [0.717, 1.165) is 11.6 Å². The zero-order valence-electron chi connectivity index (χ0n) is 11.7. The second-order valence-corrected chi connectivity index (χ2v) is 4.69. The van der Waals surface area contributed by atoms with E-state index in [1.54, 1.807) is 19.1 Å². The van der Waals surface area contributed by atoms with E-state index in [2.05, 4.69) is 5.16 Å². The molecule has 0 aliphatic rings. The number of hydrogen-bond acceptors (Lipinski definition) is 3. The van der Waals surface area contributed by atoms with Crippen molar-refractivity contribution >= 4 is 5.71 Å². The summed E-state index contributed by atoms with van der Waals surface area (Å²) >= 11 is 0. The Bertz CT molecular complexity index is 684. The molecule has 0 aromatic heterocycles. The molecule has 0 aliphatic heterocycles. The standard InChI is InChI=1S/C16H15F2NO2/c1-10-6-7-15(13(8-10)11(2)19-20)21-9-12-4-3-5-14(17)16(12)18/h3-8,20H,9H2,1-2H3/b19-11+. The van der Waals surface area contributed by atoms with Gasteiger partial charge in [0, 0.05) is 11.1 Å². The summed E-state index contributed by atoms with van der Waals surface area (Å²) in [6.07, 6.45) is 0. The highest BCUT2D eigenvalue weighted by molar-refractivity contribution is 6.00. The molecule has 0 saturated carbocycles. The predicted molar refractivity (Wildman–Crippen MR) is 75.9 cm³/mol. The molecule has 0 fully saturated rings. The SMILES string of the molecule is C/C(=N\O)c1cc(C)ccc1OCc1cccc(F)c1F. The Labute approximate surface area is 121 Å². The van der Waals surface area contributed by atoms with Gasteiger partial charge >= 0.3 is 0 Å². The normalized spacial score (nSPS) is 11.5. The fourth-order valence-electron chi connectivity index (χ4n) is 1.92. The summed E-state index contributed by atoms with van der Waals surface area (Å²) in [7, 11) is 0. The van der Waals surface area contributed by atoms with Gasteiger partial charge in [0.25, 0.3) is 0 Å². The molecule has 0 unspecified atom stereocenters. The summed E-state index contributed by atoms with van der Waals surface area (Å²) in [6, 6.07) is 9.26. The van der Waals surface area contributed by atoms with Crippen LogP contribution >= 0.6 is 0 Å². The van der Waals surface area contributed by atoms with Crippen molar-refractivity contribution in [3.05, 3.63) is 64.7 Å². The third-order valence-corrected chi connectivity index (χ3v) is 3.09. The van der Waals surface area contributed by atoms with Crippen LogP contribution in [0.5, 0.6) is 5.75 Å². The molecule has 3 nitrogen and oxygen atoms in total. The van der Waals surface area contributed by atoms with Gasteiger partial charge in [-0.15, -0.1) is 0 Å². The Hall–Kier alpha value is -2.43. The van der Waals surface area contributed by atoms with Crippen molar-refractivity contribution in [1.82, 2.24) is 0 Å². The third kappa shape index (κ3) is 3.37. The number of rotatable bonds is 4. The fraction of sp³-hybridized carbons (Fsp3) is 0.188. The average molecular weight is 291 g/mol. The summed E-state index contributed by atoms with van der Waals surface area (Å²) in [4.78, 5) is 0. The van der Waals surface area contributed by atoms with Gasteiger partial charge < -0.3 is 9.94 Å². The molecular weight excluding hydrogens is 276 g/mol. The summed E-state index contributed by atoms with van der Waals surface area (Å²) in [5.41, 5.74) is 2.08. The van der Waals surface area contributed by atoms with Crippen LogP contribution in [0.1, 0.15) is 23.6 Å². The van der Waals surface area contributed by atoms with E-state index >= 15 is 0 Å². The molecule has 110 valence electrons. The van der Waals surface area contributed by atoms with Crippen LogP contribution in [0.15, 0.2) is 41.6 Å². The number of benzene rings is 2. The highest BCUT2D eigenvalue weighted by Crippen LogP contribution is 2.23. The second kappa shape index (κ2) is 6.35. The maximum atomic E-state index is 13.6. The van der Waals surface area contributed by atoms with Crippen molar-refractivity contribution in [1.29, 1.82) is 0 Å². The molecule has 0 amide bonds. The quantitative estimate of drug-likeness (QED) is 0.524. The van der Waals surface area contributed by atoms with Crippen LogP contribution in [0.3, 0.4) is 0 Å². The van der Waals surface area contributed by atoms with Crippen LogP contribution in [-0.4, -0.2) is 10.9 Å². The van der Waals surface area contributed by atoms with Crippen LogP contribution in [0.4, 0.5) is 8.78 Å². The maximum absolute atomic E-state index is 13.6. The van der Waals surface area contributed by atoms with Crippen LogP contribution in [0, 0.1) is 18.6 Å². The van der Waals surface area contributed by atoms with Crippen LogP contribution in [-0.2, 0) is 6.61 Å². The van der Waals surface area contributed by atoms with Crippen molar-refractivity contribution in [2.24, 2.45) is 5.16 Å². The molecule has 21 heavy (non-hydrogen) atoms. The topological polar surface area (TPSA) is 41.8 Å². The summed E-state index contributed by atoms with van der Waals surface area (Å²) in [5.74, 6) is -1.38. The average Bonchev–Trinajstić information content (AvgIpc) is 2.49. The summed E-state index contributed by atoms with van der Waals surface area (Å²) in [6.45, 7) is 3.41. The van der Waals surface area contributed by atoms with Gasteiger partial charge in [0.15, 0.2) is 11.6 Å². The van der Waals surface area contributed by atoms with Crippen molar-refractivity contribution in [2.75, 3.05) is 0 Å². The number of ether oxygens (including phenoxy) is 1. The van der Waals surface area contributed by atoms with E-state index < -0.39 is 11.6 Å². The fourth-order valence-corrected chi connectivity index (χ4v) is 1.92. The van der Waals surface area contributed by atoms with E-state index in [-0.39, 0.29) is 12.2 Å². The molecule has 0 bridgehead atoms. The van der Waals surface area contributed by atoms with E-state index in [9.17, 15) is 8.78 Å². The van der Waals surface area contributed by atoms with Gasteiger partial charge in [-0.1, -0.05) is 28.9 Å². The molecule has 0 radical (unpaired) electrons. The first kappa shape index (κ1) is 15.0. The minimum Gasteiger partial charge on any atom is -0.488 e. The Morgan fingerprint density at radius 2 is 2.00 bits per heavy atom. The summed E-state index contributed by atoms with van der Waals surface area (Å²) in [5, 5.41) is 12.0. The second-order valence-electron chi connectivity index (χ2n) is 4.69. The predicted octanol–water partition coefficient (Wildman–Crippen LogP) is 4.05. The highest BCUT2D eigenvalue weighted by Gasteiger charge is 2.11. The van der Waals surface area contributed by atoms with E-state index in [4.69, 9.17) is 9.94 Å². The minimum atomic E-state index is -0.918. The van der Waals surface area contributed by atoms with Crippen molar-refractivity contribution in [2.45, 2.75) is 20.5 Å². The number of hydrogen-bond donors (Lipinski definition) is 1. The van der Waals surface area contributed by atoms with Crippen LogP contribution in [0.25, 0.3) is 0 Å². The van der Waals surface area contributed by atoms with Crippen LogP contribution in [0.2, 0.25) is 0 Å². The number of aryl methyl sites for hydroxylation is 1. The zero-order chi connectivity index (χ0) is 15.4. The lowest BCUT2D eigenvalue weighted by Gasteiger charge is -2.12. The minimum absolute atomic E-state index is 0.113. The molecule has 0 saturated heterocycles. The molecular formula is C16H15F2NO2. The van der Waals surface area contributed by atoms with E-state index in [1.165, 1.54) is 12.1 Å². The van der Waals surface area contributed by atoms with Gasteiger partial charge in [0.1, 0.15) is 12.4 Å². The van der Waals surface area contributed by atoms with Crippen molar-refractivity contribution in [3.63, 3.8) is 0 Å². The molecule has 0 aliphatic carbocycles. The maximum Gasteiger partial charge on any atom is 0.165 e. The van der Waals surface area contributed by atoms with Crippen molar-refractivity contribution in [3.8, 4) is 5.75 Å². The molecule has 0 spiro atoms. The van der Waals surface area contributed by atoms with Gasteiger partial charge in [-0.25, -0.2) is 8.78 Å². The molecule has 0 atom stereocenters. The lowest BCUT2D eigenvalue weighted by atomic mass is 10.1. The molecule has 2 rings (SSSR count). The lowest BCUT2D eigenvalue weighted by molar-refractivity contribution is 0.295. The molecule has 2 aromatic carbocycles. The molecule has 5 heteroatoms. The number of halogens is 2. The van der Waals surface area contributed by atoms with Gasteiger partial charge in [0.2, 0.25) is 0 Å². The first-order valence-electron chi connectivity index (χ1n) is 6.38. The lowest BCUT2D eigenvalue weighted by Crippen LogP contribution is -2.05. The van der Waals surface area contributed by atoms with Gasteiger partial charge in [-0.3, -0.25) is 0 Å². The summed E-state index contributed by atoms with van der Waals surface area (Å²) < 4.78 is 32.3. The van der Waals surface area contributed by atoms with Gasteiger partial charge in [0.05, 0.1) is 5.71 Å². The Balaban J connectivity index is 2.26. The van der Waals surface area contributed by atoms with E-state index in [0.29, 0.717) is 17.0 Å². The number of oxime groups is 1. The largest absolute Gasteiger partial charge is 0.488 e. The monoisotopic (exact) mass is 291 g/mol.